The van der Waals surface area contributed by atoms with Crippen LogP contribution in [-0.4, -0.2) is 34.5 Å². The van der Waals surface area contributed by atoms with Gasteiger partial charge in [-0.2, -0.15) is 5.10 Å². The van der Waals surface area contributed by atoms with E-state index in [9.17, 15) is 4.79 Å². The Kier molecular flexibility index (Phi) is 5.91. The summed E-state index contributed by atoms with van der Waals surface area (Å²) in [4.78, 5) is 16.7. The van der Waals surface area contributed by atoms with Gasteiger partial charge in [0, 0.05) is 12.1 Å². The first-order valence-electron chi connectivity index (χ1n) is 8.26. The molecule has 0 bridgehead atoms. The maximum Gasteiger partial charge on any atom is 0.250 e. The predicted octanol–water partition coefficient (Wildman–Crippen LogP) is 3.31. The second kappa shape index (κ2) is 8.53. The number of carbonyl (C=O) groups is 1. The fraction of sp³-hybridized carbons (Fsp3) is 0.211. The molecule has 1 N–H and O–H groups in total. The molecule has 0 aliphatic heterocycles. The average Bonchev–Trinajstić information content (AvgIpc) is 3.04. The van der Waals surface area contributed by atoms with Gasteiger partial charge in [0.05, 0.1) is 30.1 Å². The van der Waals surface area contributed by atoms with Crippen LogP contribution in [0, 0.1) is 0 Å². The topological polar surface area (TPSA) is 68.5 Å². The zero-order valence-electron chi connectivity index (χ0n) is 14.7. The lowest BCUT2D eigenvalue weighted by molar-refractivity contribution is -0.118. The number of benzene rings is 2. The number of nitrogens with zero attached hydrogens (tertiary/aromatic N) is 3. The van der Waals surface area contributed by atoms with Crippen molar-refractivity contribution in [1.29, 1.82) is 0 Å². The largest absolute Gasteiger partial charge is 0.496 e. The first-order chi connectivity index (χ1) is 12.7. The summed E-state index contributed by atoms with van der Waals surface area (Å²) in [6.45, 7) is 2.87. The molecule has 6 nitrogen and oxygen atoms in total. The van der Waals surface area contributed by atoms with Gasteiger partial charge < -0.3 is 9.30 Å². The van der Waals surface area contributed by atoms with Crippen molar-refractivity contribution in [3.63, 3.8) is 0 Å². The average molecular weight is 368 g/mol. The summed E-state index contributed by atoms with van der Waals surface area (Å²) in [6, 6.07) is 15.4. The van der Waals surface area contributed by atoms with Crippen LogP contribution in [0.5, 0.6) is 5.75 Å². The number of thioether (sulfide) groups is 1. The molecule has 0 saturated heterocycles. The number of methoxy groups -OCH3 is 1. The molecule has 26 heavy (non-hydrogen) atoms. The Labute approximate surface area is 156 Å². The lowest BCUT2D eigenvalue weighted by atomic mass is 10.2. The number of hydrazone groups is 1. The van der Waals surface area contributed by atoms with E-state index in [4.69, 9.17) is 4.74 Å². The zero-order valence-corrected chi connectivity index (χ0v) is 15.5. The molecule has 3 aromatic rings. The maximum atomic E-state index is 12.1. The molecule has 3 rings (SSSR count). The Bertz CT molecular complexity index is 936. The number of fused-ring (bicyclic) bond motifs is 1. The Morgan fingerprint density at radius 1 is 1.27 bits per heavy atom. The molecule has 0 unspecified atom stereocenters. The molecule has 0 spiro atoms. The lowest BCUT2D eigenvalue weighted by Crippen LogP contribution is -2.20. The van der Waals surface area contributed by atoms with Crippen molar-refractivity contribution < 1.29 is 9.53 Å². The fourth-order valence-corrected chi connectivity index (χ4v) is 3.45. The van der Waals surface area contributed by atoms with Crippen molar-refractivity contribution in [2.45, 2.75) is 18.6 Å². The van der Waals surface area contributed by atoms with Crippen molar-refractivity contribution >= 4 is 34.9 Å². The van der Waals surface area contributed by atoms with Crippen molar-refractivity contribution in [2.75, 3.05) is 12.9 Å². The molecule has 1 amide bonds. The molecule has 0 radical (unpaired) electrons. The van der Waals surface area contributed by atoms with E-state index in [0.29, 0.717) is 5.75 Å². The molecule has 2 aromatic carbocycles. The number of aromatic nitrogens is 2. The van der Waals surface area contributed by atoms with Crippen LogP contribution in [0.25, 0.3) is 11.0 Å². The van der Waals surface area contributed by atoms with Gasteiger partial charge in [-0.1, -0.05) is 36.0 Å². The van der Waals surface area contributed by atoms with Gasteiger partial charge in [0.25, 0.3) is 5.91 Å². The van der Waals surface area contributed by atoms with Gasteiger partial charge in [0.2, 0.25) is 0 Å². The molecule has 0 fully saturated rings. The smallest absolute Gasteiger partial charge is 0.250 e. The molecular weight excluding hydrogens is 348 g/mol. The summed E-state index contributed by atoms with van der Waals surface area (Å²) in [5.74, 6) is 0.763. The van der Waals surface area contributed by atoms with Crippen molar-refractivity contribution in [3.8, 4) is 5.75 Å². The van der Waals surface area contributed by atoms with Crippen LogP contribution in [0.3, 0.4) is 0 Å². The number of ether oxygens (including phenoxy) is 1. The molecule has 134 valence electrons. The third-order valence-corrected chi connectivity index (χ3v) is 4.78. The Balaban J connectivity index is 1.60. The first-order valence-corrected chi connectivity index (χ1v) is 9.24. The second-order valence-electron chi connectivity index (χ2n) is 5.45. The summed E-state index contributed by atoms with van der Waals surface area (Å²) < 4.78 is 7.35. The normalized spacial score (nSPS) is 11.2. The molecule has 7 heteroatoms. The van der Waals surface area contributed by atoms with Crippen LogP contribution >= 0.6 is 11.8 Å². The van der Waals surface area contributed by atoms with Crippen LogP contribution in [0.2, 0.25) is 0 Å². The van der Waals surface area contributed by atoms with Crippen LogP contribution in [0.4, 0.5) is 0 Å². The standard InChI is InChI=1S/C19H20N4O2S/c1-3-23-16-10-6-5-9-15(16)21-19(23)26-13-18(24)22-20-12-14-8-4-7-11-17(14)25-2/h4-12H,3,13H2,1-2H3,(H,22,24)/b20-12-. The Morgan fingerprint density at radius 3 is 2.85 bits per heavy atom. The number of aryl methyl sites for hydroxylation is 1. The summed E-state index contributed by atoms with van der Waals surface area (Å²) in [7, 11) is 1.60. The van der Waals surface area contributed by atoms with E-state index in [1.807, 2.05) is 48.5 Å². The Morgan fingerprint density at radius 2 is 2.04 bits per heavy atom. The Hall–Kier alpha value is -2.80. The lowest BCUT2D eigenvalue weighted by Gasteiger charge is -2.05. The molecule has 0 atom stereocenters. The number of carbonyl (C=O) groups excluding carboxylic acids is 1. The van der Waals surface area contributed by atoms with Gasteiger partial charge in [0.1, 0.15) is 5.75 Å². The number of rotatable bonds is 7. The number of amides is 1. The van der Waals surface area contributed by atoms with Gasteiger partial charge in [-0.15, -0.1) is 0 Å². The highest BCUT2D eigenvalue weighted by molar-refractivity contribution is 7.99. The number of para-hydroxylation sites is 3. The second-order valence-corrected chi connectivity index (χ2v) is 6.39. The third-order valence-electron chi connectivity index (χ3n) is 3.80. The minimum atomic E-state index is -0.184. The van der Waals surface area contributed by atoms with E-state index in [-0.39, 0.29) is 11.7 Å². The van der Waals surface area contributed by atoms with E-state index in [0.717, 1.165) is 28.3 Å². The van der Waals surface area contributed by atoms with Gasteiger partial charge in [-0.3, -0.25) is 4.79 Å². The SMILES string of the molecule is CCn1c(SCC(=O)N/N=C\c2ccccc2OC)nc2ccccc21. The predicted molar refractivity (Wildman–Crippen MR) is 105 cm³/mol. The highest BCUT2D eigenvalue weighted by Crippen LogP contribution is 2.23. The third kappa shape index (κ3) is 4.05. The maximum absolute atomic E-state index is 12.1. The first kappa shape index (κ1) is 18.0. The van der Waals surface area contributed by atoms with Crippen molar-refractivity contribution in [2.24, 2.45) is 5.10 Å². The van der Waals surface area contributed by atoms with Gasteiger partial charge >= 0.3 is 0 Å². The number of imidazole rings is 1. The minimum absolute atomic E-state index is 0.184. The monoisotopic (exact) mass is 368 g/mol. The quantitative estimate of drug-likeness (QED) is 0.395. The molecule has 0 aliphatic rings. The summed E-state index contributed by atoms with van der Waals surface area (Å²) in [6.07, 6.45) is 1.57. The summed E-state index contributed by atoms with van der Waals surface area (Å²) in [5, 5.41) is 4.83. The zero-order chi connectivity index (χ0) is 18.4. The highest BCUT2D eigenvalue weighted by Gasteiger charge is 2.11. The van der Waals surface area contributed by atoms with E-state index in [1.54, 1.807) is 13.3 Å². The fourth-order valence-electron chi connectivity index (χ4n) is 2.58. The number of hydrogen-bond acceptors (Lipinski definition) is 5. The van der Waals surface area contributed by atoms with E-state index < -0.39 is 0 Å². The van der Waals surface area contributed by atoms with Gasteiger partial charge in [-0.05, 0) is 31.2 Å². The molecule has 0 aliphatic carbocycles. The minimum Gasteiger partial charge on any atom is -0.496 e. The van der Waals surface area contributed by atoms with Crippen LogP contribution in [0.1, 0.15) is 12.5 Å². The highest BCUT2D eigenvalue weighted by atomic mass is 32.2. The van der Waals surface area contributed by atoms with E-state index in [2.05, 4.69) is 27.0 Å². The van der Waals surface area contributed by atoms with Crippen LogP contribution in [0.15, 0.2) is 58.8 Å². The van der Waals surface area contributed by atoms with E-state index >= 15 is 0 Å². The number of nitrogens with one attached hydrogen (secondary N) is 1. The molecule has 1 heterocycles. The molecule has 1 aromatic heterocycles. The summed E-state index contributed by atoms with van der Waals surface area (Å²) >= 11 is 1.40. The molecular formula is C19H20N4O2S. The summed E-state index contributed by atoms with van der Waals surface area (Å²) in [5.41, 5.74) is 5.36. The van der Waals surface area contributed by atoms with Crippen molar-refractivity contribution in [1.82, 2.24) is 15.0 Å². The van der Waals surface area contributed by atoms with E-state index in [1.165, 1.54) is 11.8 Å². The molecule has 0 saturated carbocycles. The van der Waals surface area contributed by atoms with Crippen molar-refractivity contribution in [3.05, 3.63) is 54.1 Å². The van der Waals surface area contributed by atoms with Gasteiger partial charge in [-0.25, -0.2) is 10.4 Å². The number of hydrogen-bond donors (Lipinski definition) is 1. The van der Waals surface area contributed by atoms with Crippen LogP contribution < -0.4 is 10.2 Å². The van der Waals surface area contributed by atoms with Gasteiger partial charge in [0.15, 0.2) is 5.16 Å². The van der Waals surface area contributed by atoms with Crippen LogP contribution in [-0.2, 0) is 11.3 Å².